The molecule has 0 unspecified atom stereocenters. The molecule has 2 fully saturated rings. The topological polar surface area (TPSA) is 140 Å². The van der Waals surface area contributed by atoms with Gasteiger partial charge < -0.3 is 29.8 Å². The Morgan fingerprint density at radius 1 is 0.736 bits per heavy atom. The minimum absolute atomic E-state index is 0.0928. The average molecular weight is 715 g/mol. The Hall–Kier alpha value is -5.75. The highest BCUT2D eigenvalue weighted by Gasteiger charge is 2.37. The molecule has 274 valence electrons. The highest BCUT2D eigenvalue weighted by molar-refractivity contribution is 5.86. The first-order chi connectivity index (χ1) is 25.7. The van der Waals surface area contributed by atoms with Gasteiger partial charge in [-0.3, -0.25) is 14.5 Å². The van der Waals surface area contributed by atoms with Crippen LogP contribution in [0.4, 0.5) is 4.79 Å². The molecule has 0 aliphatic carbocycles. The molecule has 0 spiro atoms. The standard InChI is InChI=1S/C41H46N8O4/c1-26(44-41(52)53-4)39(50)48-22-8-12-34(48)37-42-24-32(45-37)29-18-14-27(15-19-29)28-16-20-30(21-17-28)33-25-43-38(46-33)35-13-9-23-49(35)40(51)36(47(2)3)31-10-6-5-7-11-31/h5-7,10-11,14-21,24-26,34-36H,8-9,12-13,22-23H2,1-4H3,(H,42,45)(H,43,46)(H,44,52)/t26-,34-,35-,36+/m0/s1. The lowest BCUT2D eigenvalue weighted by molar-refractivity contribution is -0.137. The second-order valence-electron chi connectivity index (χ2n) is 14.0. The van der Waals surface area contributed by atoms with E-state index >= 15 is 0 Å². The van der Waals surface area contributed by atoms with Gasteiger partial charge in [-0.15, -0.1) is 0 Å². The van der Waals surface area contributed by atoms with Gasteiger partial charge in [-0.2, -0.15) is 0 Å². The summed E-state index contributed by atoms with van der Waals surface area (Å²) in [6, 6.07) is 25.3. The van der Waals surface area contributed by atoms with Crippen molar-refractivity contribution in [2.75, 3.05) is 34.3 Å². The van der Waals surface area contributed by atoms with Gasteiger partial charge in [-0.1, -0.05) is 78.9 Å². The maximum Gasteiger partial charge on any atom is 0.407 e. The molecular formula is C41H46N8O4. The van der Waals surface area contributed by atoms with Gasteiger partial charge >= 0.3 is 6.09 Å². The second-order valence-corrected chi connectivity index (χ2v) is 14.0. The van der Waals surface area contributed by atoms with Crippen LogP contribution in [0.15, 0.2) is 91.3 Å². The fraction of sp³-hybridized carbons (Fsp3) is 0.341. The number of nitrogens with one attached hydrogen (secondary N) is 3. The molecule has 3 aromatic carbocycles. The fourth-order valence-corrected chi connectivity index (χ4v) is 7.62. The summed E-state index contributed by atoms with van der Waals surface area (Å²) in [5, 5.41) is 2.57. The van der Waals surface area contributed by atoms with Crippen molar-refractivity contribution >= 4 is 17.9 Å². The van der Waals surface area contributed by atoms with E-state index in [1.54, 1.807) is 18.0 Å². The number of likely N-dealkylation sites (tertiary alicyclic amines) is 2. The zero-order valence-corrected chi connectivity index (χ0v) is 30.6. The van der Waals surface area contributed by atoms with Crippen molar-refractivity contribution in [2.45, 2.75) is 56.8 Å². The summed E-state index contributed by atoms with van der Waals surface area (Å²) in [6.45, 7) is 2.98. The Bertz CT molecular complexity index is 2040. The van der Waals surface area contributed by atoms with Crippen molar-refractivity contribution in [3.8, 4) is 33.6 Å². The third kappa shape index (κ3) is 7.45. The summed E-state index contributed by atoms with van der Waals surface area (Å²) < 4.78 is 4.65. The number of likely N-dealkylation sites (N-methyl/N-ethyl adjacent to an activating group) is 1. The monoisotopic (exact) mass is 714 g/mol. The van der Waals surface area contributed by atoms with Crippen LogP contribution in [-0.4, -0.2) is 92.9 Å². The average Bonchev–Trinajstić information content (AvgIpc) is 4.02. The van der Waals surface area contributed by atoms with Crippen LogP contribution >= 0.6 is 0 Å². The molecule has 0 radical (unpaired) electrons. The minimum Gasteiger partial charge on any atom is -0.453 e. The smallest absolute Gasteiger partial charge is 0.407 e. The van der Waals surface area contributed by atoms with E-state index in [1.807, 2.05) is 60.4 Å². The summed E-state index contributed by atoms with van der Waals surface area (Å²) in [7, 11) is 5.18. The summed E-state index contributed by atoms with van der Waals surface area (Å²) in [5.41, 5.74) is 6.96. The number of aromatic amines is 2. The Morgan fingerprint density at radius 3 is 1.68 bits per heavy atom. The van der Waals surface area contributed by atoms with Crippen LogP contribution in [0.3, 0.4) is 0 Å². The molecule has 0 saturated carbocycles. The fourth-order valence-electron chi connectivity index (χ4n) is 7.62. The van der Waals surface area contributed by atoms with Crippen molar-refractivity contribution in [3.63, 3.8) is 0 Å². The molecule has 53 heavy (non-hydrogen) atoms. The first kappa shape index (κ1) is 35.6. The van der Waals surface area contributed by atoms with E-state index in [4.69, 9.17) is 4.98 Å². The van der Waals surface area contributed by atoms with E-state index in [-0.39, 0.29) is 29.9 Å². The molecule has 3 N–H and O–H groups in total. The van der Waals surface area contributed by atoms with Gasteiger partial charge in [0, 0.05) is 13.1 Å². The van der Waals surface area contributed by atoms with E-state index in [9.17, 15) is 14.4 Å². The van der Waals surface area contributed by atoms with Crippen LogP contribution in [0.5, 0.6) is 0 Å². The van der Waals surface area contributed by atoms with E-state index in [0.717, 1.165) is 76.5 Å². The van der Waals surface area contributed by atoms with Crippen molar-refractivity contribution in [1.29, 1.82) is 0 Å². The largest absolute Gasteiger partial charge is 0.453 e. The van der Waals surface area contributed by atoms with Gasteiger partial charge in [0.25, 0.3) is 0 Å². The van der Waals surface area contributed by atoms with E-state index in [0.29, 0.717) is 13.1 Å². The SMILES string of the molecule is COC(=O)N[C@@H](C)C(=O)N1CCC[C@H]1c1ncc(-c2ccc(-c3ccc(-c4cnc([C@@H]5CCCN5C(=O)[C@@H](c5ccccc5)N(C)C)[nH]4)cc3)cc2)[nH]1. The summed E-state index contributed by atoms with van der Waals surface area (Å²) in [4.78, 5) is 60.7. The Labute approximate surface area is 309 Å². The van der Waals surface area contributed by atoms with Gasteiger partial charge in [-0.05, 0) is 74.5 Å². The van der Waals surface area contributed by atoms with Crippen LogP contribution in [0.2, 0.25) is 0 Å². The lowest BCUT2D eigenvalue weighted by atomic mass is 10.0. The molecule has 4 atom stereocenters. The number of amides is 3. The number of hydrogen-bond donors (Lipinski definition) is 3. The number of carbonyl (C=O) groups excluding carboxylic acids is 3. The van der Waals surface area contributed by atoms with Gasteiger partial charge in [0.1, 0.15) is 23.7 Å². The minimum atomic E-state index is -0.697. The van der Waals surface area contributed by atoms with Crippen molar-refractivity contribution < 1.29 is 19.1 Å². The summed E-state index contributed by atoms with van der Waals surface area (Å²) in [6.07, 6.45) is 6.50. The van der Waals surface area contributed by atoms with Crippen molar-refractivity contribution in [1.82, 2.24) is 40.0 Å². The lowest BCUT2D eigenvalue weighted by Crippen LogP contribution is -2.46. The number of methoxy groups -OCH3 is 1. The zero-order chi connectivity index (χ0) is 37.1. The van der Waals surface area contributed by atoms with Gasteiger partial charge in [0.15, 0.2) is 0 Å². The number of H-pyrrole nitrogens is 2. The molecule has 5 aromatic rings. The predicted molar refractivity (Wildman–Crippen MR) is 202 cm³/mol. The quantitative estimate of drug-likeness (QED) is 0.150. The van der Waals surface area contributed by atoms with E-state index in [2.05, 4.69) is 73.5 Å². The summed E-state index contributed by atoms with van der Waals surface area (Å²) >= 11 is 0. The number of ether oxygens (including phenoxy) is 1. The molecule has 7 rings (SSSR count). The van der Waals surface area contributed by atoms with Gasteiger partial charge in [0.05, 0.1) is 43.0 Å². The van der Waals surface area contributed by atoms with E-state index < -0.39 is 12.1 Å². The maximum atomic E-state index is 13.9. The van der Waals surface area contributed by atoms with Crippen molar-refractivity contribution in [3.05, 3.63) is 108 Å². The second kappa shape index (κ2) is 15.5. The normalized spacial score (nSPS) is 18.3. The van der Waals surface area contributed by atoms with Crippen LogP contribution < -0.4 is 5.32 Å². The number of nitrogens with zero attached hydrogens (tertiary/aromatic N) is 5. The molecule has 12 heteroatoms. The molecule has 2 aromatic heterocycles. The predicted octanol–water partition coefficient (Wildman–Crippen LogP) is 6.51. The van der Waals surface area contributed by atoms with Gasteiger partial charge in [0.2, 0.25) is 11.8 Å². The number of carbonyl (C=O) groups is 3. The molecule has 3 amide bonds. The van der Waals surface area contributed by atoms with E-state index in [1.165, 1.54) is 7.11 Å². The highest BCUT2D eigenvalue weighted by Crippen LogP contribution is 2.36. The third-order valence-electron chi connectivity index (χ3n) is 10.4. The Kier molecular flexibility index (Phi) is 10.4. The number of alkyl carbamates (subject to hydrolysis) is 1. The number of hydrogen-bond acceptors (Lipinski definition) is 7. The molecule has 0 bridgehead atoms. The lowest BCUT2D eigenvalue weighted by Gasteiger charge is -2.31. The maximum absolute atomic E-state index is 13.9. The number of rotatable bonds is 10. The Balaban J connectivity index is 1.00. The highest BCUT2D eigenvalue weighted by atomic mass is 16.5. The van der Waals surface area contributed by atoms with Crippen LogP contribution in [-0.2, 0) is 14.3 Å². The Morgan fingerprint density at radius 2 is 1.21 bits per heavy atom. The van der Waals surface area contributed by atoms with Crippen molar-refractivity contribution in [2.24, 2.45) is 0 Å². The first-order valence-electron chi connectivity index (χ1n) is 18.2. The number of benzene rings is 3. The number of imidazole rings is 2. The summed E-state index contributed by atoms with van der Waals surface area (Å²) in [5.74, 6) is 1.48. The molecule has 2 aliphatic rings. The number of aromatic nitrogens is 4. The van der Waals surface area contributed by atoms with Crippen LogP contribution in [0.1, 0.15) is 67.9 Å². The first-order valence-corrected chi connectivity index (χ1v) is 18.2. The molecule has 4 heterocycles. The molecule has 2 aliphatic heterocycles. The van der Waals surface area contributed by atoms with Gasteiger partial charge in [-0.25, -0.2) is 14.8 Å². The van der Waals surface area contributed by atoms with Crippen LogP contribution in [0.25, 0.3) is 33.6 Å². The molecule has 12 nitrogen and oxygen atoms in total. The zero-order valence-electron chi connectivity index (χ0n) is 30.6. The van der Waals surface area contributed by atoms with Crippen LogP contribution in [0, 0.1) is 0 Å². The third-order valence-corrected chi connectivity index (χ3v) is 10.4. The molecule has 2 saturated heterocycles. The molecular weight excluding hydrogens is 669 g/mol.